The van der Waals surface area contributed by atoms with Crippen molar-refractivity contribution in [2.75, 3.05) is 25.1 Å². The maximum absolute atomic E-state index is 13.5. The lowest BCUT2D eigenvalue weighted by Gasteiger charge is -2.29. The van der Waals surface area contributed by atoms with Gasteiger partial charge >= 0.3 is 12.0 Å². The number of aromatic amines is 1. The van der Waals surface area contributed by atoms with Gasteiger partial charge in [0.2, 0.25) is 0 Å². The highest BCUT2D eigenvalue weighted by Gasteiger charge is 2.37. The molecule has 1 unspecified atom stereocenters. The maximum atomic E-state index is 13.5. The smallest absolute Gasteiger partial charge is 0.341 e. The molecule has 43 heavy (non-hydrogen) atoms. The molecule has 0 aliphatic carbocycles. The normalized spacial score (nSPS) is 14.7. The van der Waals surface area contributed by atoms with E-state index in [9.17, 15) is 18.8 Å². The van der Waals surface area contributed by atoms with Crippen molar-refractivity contribution in [3.8, 4) is 0 Å². The highest BCUT2D eigenvalue weighted by Crippen LogP contribution is 2.41. The lowest BCUT2D eigenvalue weighted by Crippen LogP contribution is -2.38. The van der Waals surface area contributed by atoms with Crippen molar-refractivity contribution >= 4 is 40.1 Å². The summed E-state index contributed by atoms with van der Waals surface area (Å²) in [6.45, 7) is 7.99. The van der Waals surface area contributed by atoms with E-state index >= 15 is 0 Å². The SMILES string of the molecule is CCOC(=O)C1=CN(C(=O)c2ccc(F)cc2)CC(C)(C)c2c1[nH]c1cc(N(C)C(=O)NC(C)c3ccccn3)ccc21. The highest BCUT2D eigenvalue weighted by molar-refractivity contribution is 6.18. The summed E-state index contributed by atoms with van der Waals surface area (Å²) in [5.74, 6) is -1.38. The summed E-state index contributed by atoms with van der Waals surface area (Å²) in [4.78, 5) is 50.6. The van der Waals surface area contributed by atoms with Gasteiger partial charge in [0.25, 0.3) is 5.91 Å². The van der Waals surface area contributed by atoms with E-state index in [0.717, 1.165) is 22.2 Å². The van der Waals surface area contributed by atoms with Gasteiger partial charge in [-0.15, -0.1) is 0 Å². The number of amides is 3. The number of esters is 1. The molecule has 3 heterocycles. The quantitative estimate of drug-likeness (QED) is 0.273. The first kappa shape index (κ1) is 29.5. The van der Waals surface area contributed by atoms with Gasteiger partial charge in [0.05, 0.1) is 29.6 Å². The Kier molecular flexibility index (Phi) is 8.04. The van der Waals surface area contributed by atoms with E-state index in [4.69, 9.17) is 4.74 Å². The highest BCUT2D eigenvalue weighted by atomic mass is 19.1. The molecule has 0 radical (unpaired) electrons. The molecule has 0 saturated carbocycles. The number of benzene rings is 2. The van der Waals surface area contributed by atoms with Crippen molar-refractivity contribution in [1.29, 1.82) is 0 Å². The Balaban J connectivity index is 1.52. The average molecular weight is 584 g/mol. The van der Waals surface area contributed by atoms with Gasteiger partial charge in [-0.1, -0.05) is 26.0 Å². The van der Waals surface area contributed by atoms with Gasteiger partial charge in [-0.25, -0.2) is 14.0 Å². The van der Waals surface area contributed by atoms with Crippen molar-refractivity contribution in [2.24, 2.45) is 0 Å². The average Bonchev–Trinajstić information content (AvgIpc) is 3.33. The third-order valence-corrected chi connectivity index (χ3v) is 7.59. The van der Waals surface area contributed by atoms with Crippen LogP contribution in [-0.4, -0.2) is 53.0 Å². The Hall–Kier alpha value is -4.99. The molecule has 1 aliphatic rings. The van der Waals surface area contributed by atoms with E-state index in [1.54, 1.807) is 20.2 Å². The molecule has 9 nitrogen and oxygen atoms in total. The molecular formula is C33H34FN5O4. The first-order valence-electron chi connectivity index (χ1n) is 14.1. The molecule has 2 N–H and O–H groups in total. The molecule has 222 valence electrons. The minimum atomic E-state index is -0.614. The Morgan fingerprint density at radius 1 is 1.14 bits per heavy atom. The van der Waals surface area contributed by atoms with E-state index < -0.39 is 17.2 Å². The molecule has 2 aromatic heterocycles. The number of ether oxygens (including phenoxy) is 1. The van der Waals surface area contributed by atoms with Crippen LogP contribution in [0.5, 0.6) is 0 Å². The van der Waals surface area contributed by atoms with E-state index in [0.29, 0.717) is 16.9 Å². The number of nitrogens with zero attached hydrogens (tertiary/aromatic N) is 3. The van der Waals surface area contributed by atoms with Gasteiger partial charge in [0.15, 0.2) is 0 Å². The number of urea groups is 1. The van der Waals surface area contributed by atoms with Gasteiger partial charge in [-0.2, -0.15) is 0 Å². The lowest BCUT2D eigenvalue weighted by atomic mass is 9.81. The Labute approximate surface area is 249 Å². The van der Waals surface area contributed by atoms with Crippen LogP contribution in [0.3, 0.4) is 0 Å². The van der Waals surface area contributed by atoms with Gasteiger partial charge in [-0.3, -0.25) is 14.7 Å². The van der Waals surface area contributed by atoms with Crippen LogP contribution in [0.4, 0.5) is 14.9 Å². The Bertz CT molecular complexity index is 1710. The predicted molar refractivity (Wildman–Crippen MR) is 163 cm³/mol. The Morgan fingerprint density at radius 3 is 2.56 bits per heavy atom. The van der Waals surface area contributed by atoms with E-state index in [2.05, 4.69) is 15.3 Å². The molecule has 4 aromatic rings. The van der Waals surface area contributed by atoms with Gasteiger partial charge < -0.3 is 19.9 Å². The van der Waals surface area contributed by atoms with Crippen molar-refractivity contribution in [3.63, 3.8) is 0 Å². The van der Waals surface area contributed by atoms with E-state index in [-0.39, 0.29) is 36.7 Å². The monoisotopic (exact) mass is 583 g/mol. The zero-order valence-corrected chi connectivity index (χ0v) is 24.8. The number of pyridine rings is 1. The number of hydrogen-bond donors (Lipinski definition) is 2. The molecule has 0 spiro atoms. The summed E-state index contributed by atoms with van der Waals surface area (Å²) < 4.78 is 18.9. The van der Waals surface area contributed by atoms with Crippen LogP contribution in [-0.2, 0) is 14.9 Å². The summed E-state index contributed by atoms with van der Waals surface area (Å²) in [6, 6.07) is 15.9. The third-order valence-electron chi connectivity index (χ3n) is 7.59. The predicted octanol–water partition coefficient (Wildman–Crippen LogP) is 5.95. The zero-order chi connectivity index (χ0) is 30.9. The summed E-state index contributed by atoms with van der Waals surface area (Å²) in [5, 5.41) is 3.82. The largest absolute Gasteiger partial charge is 0.462 e. The molecule has 2 aromatic carbocycles. The van der Waals surface area contributed by atoms with Crippen molar-refractivity contribution in [2.45, 2.75) is 39.2 Å². The molecule has 0 saturated heterocycles. The summed E-state index contributed by atoms with van der Waals surface area (Å²) in [5.41, 5.74) is 3.39. The minimum Gasteiger partial charge on any atom is -0.462 e. The van der Waals surface area contributed by atoms with Crippen molar-refractivity contribution < 1.29 is 23.5 Å². The molecule has 10 heteroatoms. The fourth-order valence-electron chi connectivity index (χ4n) is 5.43. The second-order valence-electron chi connectivity index (χ2n) is 11.2. The first-order valence-corrected chi connectivity index (χ1v) is 14.1. The minimum absolute atomic E-state index is 0.155. The van der Waals surface area contributed by atoms with Crippen molar-refractivity contribution in [3.05, 3.63) is 101 Å². The van der Waals surface area contributed by atoms with Crippen LogP contribution in [0.25, 0.3) is 16.5 Å². The number of rotatable bonds is 6. The molecule has 5 rings (SSSR count). The molecule has 0 fully saturated rings. The number of fused-ring (bicyclic) bond motifs is 3. The lowest BCUT2D eigenvalue weighted by molar-refractivity contribution is -0.136. The van der Waals surface area contributed by atoms with E-state index in [1.165, 1.54) is 40.3 Å². The van der Waals surface area contributed by atoms with Crippen LogP contribution in [0, 0.1) is 5.82 Å². The zero-order valence-electron chi connectivity index (χ0n) is 24.8. The second-order valence-corrected chi connectivity index (χ2v) is 11.2. The number of carbonyl (C=O) groups excluding carboxylic acids is 3. The van der Waals surface area contributed by atoms with Crippen LogP contribution in [0.2, 0.25) is 0 Å². The van der Waals surface area contributed by atoms with E-state index in [1.807, 2.05) is 57.2 Å². The van der Waals surface area contributed by atoms with Crippen LogP contribution in [0.1, 0.15) is 61.0 Å². The number of hydrogen-bond acceptors (Lipinski definition) is 5. The number of halogens is 1. The topological polar surface area (TPSA) is 108 Å². The number of H-pyrrole nitrogens is 1. The molecule has 0 bridgehead atoms. The number of nitrogens with one attached hydrogen (secondary N) is 2. The third kappa shape index (κ3) is 5.86. The molecule has 3 amide bonds. The van der Waals surface area contributed by atoms with Gasteiger partial charge in [0.1, 0.15) is 5.82 Å². The molecule has 1 aliphatic heterocycles. The standard InChI is InChI=1S/C33H34FN5O4/c1-6-43-31(41)25-18-39(30(40)21-10-12-22(34)13-11-21)19-33(3,4)28-24-15-14-23(17-27(24)37-29(25)28)38(5)32(42)36-20(2)26-9-7-8-16-35-26/h7-18,20,37H,6,19H2,1-5H3,(H,36,42). The van der Waals surface area contributed by atoms with Gasteiger partial charge in [0, 0.05) is 53.6 Å². The molecule has 1 atom stereocenters. The first-order chi connectivity index (χ1) is 20.5. The fourth-order valence-corrected chi connectivity index (χ4v) is 5.43. The number of anilines is 1. The number of aromatic nitrogens is 2. The maximum Gasteiger partial charge on any atom is 0.341 e. The second kappa shape index (κ2) is 11.7. The van der Waals surface area contributed by atoms with Crippen LogP contribution >= 0.6 is 0 Å². The molecular weight excluding hydrogens is 549 g/mol. The van der Waals surface area contributed by atoms with Gasteiger partial charge in [-0.05, 0) is 67.9 Å². The summed E-state index contributed by atoms with van der Waals surface area (Å²) in [6.07, 6.45) is 3.19. The summed E-state index contributed by atoms with van der Waals surface area (Å²) in [7, 11) is 1.68. The fraction of sp³-hybridized carbons (Fsp3) is 0.273. The van der Waals surface area contributed by atoms with Crippen LogP contribution < -0.4 is 10.2 Å². The van der Waals surface area contributed by atoms with Crippen LogP contribution in [0.15, 0.2) is 73.1 Å². The van der Waals surface area contributed by atoms with Crippen molar-refractivity contribution in [1.82, 2.24) is 20.2 Å². The summed E-state index contributed by atoms with van der Waals surface area (Å²) >= 11 is 0. The number of carbonyl (C=O) groups is 3. The Morgan fingerprint density at radius 2 is 1.88 bits per heavy atom.